The van der Waals surface area contributed by atoms with Gasteiger partial charge in [0.05, 0.1) is 13.2 Å². The number of aliphatic hydroxyl groups is 2. The Kier molecular flexibility index (Phi) is 5.94. The molecule has 0 aliphatic rings. The van der Waals surface area contributed by atoms with Crippen LogP contribution >= 0.6 is 0 Å². The van der Waals surface area contributed by atoms with Crippen LogP contribution in [0.2, 0.25) is 0 Å². The fourth-order valence-electron chi connectivity index (χ4n) is 1.09. The highest BCUT2D eigenvalue weighted by molar-refractivity contribution is 5.65. The first-order valence-corrected chi connectivity index (χ1v) is 4.52. The van der Waals surface area contributed by atoms with Crippen molar-refractivity contribution in [1.82, 2.24) is 4.90 Å². The molecule has 0 aromatic rings. The van der Waals surface area contributed by atoms with Crippen molar-refractivity contribution in [3.05, 3.63) is 0 Å². The molecular weight excluding hydrogens is 198 g/mol. The zero-order chi connectivity index (χ0) is 11.9. The summed E-state index contributed by atoms with van der Waals surface area (Å²) in [4.78, 5) is 12.2. The predicted octanol–water partition coefficient (Wildman–Crippen LogP) is -1.16. The Balaban J connectivity index is 4.18. The van der Waals surface area contributed by atoms with E-state index in [1.165, 1.54) is 6.92 Å². The summed E-state index contributed by atoms with van der Waals surface area (Å²) in [5, 5.41) is 18.8. The number of likely N-dealkylation sites (N-methyl/N-ethyl adjacent to an activating group) is 1. The first kappa shape index (κ1) is 13.9. The summed E-state index contributed by atoms with van der Waals surface area (Å²) in [6.07, 6.45) is 5.09. The van der Waals surface area contributed by atoms with Crippen molar-refractivity contribution in [3.63, 3.8) is 0 Å². The van der Waals surface area contributed by atoms with Crippen molar-refractivity contribution in [1.29, 1.82) is 0 Å². The summed E-state index contributed by atoms with van der Waals surface area (Å²) in [7, 11) is 1.70. The highest BCUT2D eigenvalue weighted by Gasteiger charge is 2.29. The normalized spacial score (nSPS) is 14.4. The average Bonchev–Trinajstić information content (AvgIpc) is 2.15. The quantitative estimate of drug-likeness (QED) is 0.432. The smallest absolute Gasteiger partial charge is 0.302 e. The lowest BCUT2D eigenvalue weighted by atomic mass is 10.1. The third kappa shape index (κ3) is 6.07. The van der Waals surface area contributed by atoms with Crippen molar-refractivity contribution in [2.45, 2.75) is 12.5 Å². The maximum absolute atomic E-state index is 10.6. The molecule has 0 fully saturated rings. The van der Waals surface area contributed by atoms with Gasteiger partial charge in [-0.25, -0.2) is 0 Å². The molecule has 1 atom stereocenters. The molecule has 0 heterocycles. The first-order chi connectivity index (χ1) is 6.93. The predicted molar refractivity (Wildman–Crippen MR) is 55.0 cm³/mol. The van der Waals surface area contributed by atoms with E-state index in [0.717, 1.165) is 0 Å². The van der Waals surface area contributed by atoms with Crippen molar-refractivity contribution in [2.24, 2.45) is 0 Å². The van der Waals surface area contributed by atoms with E-state index in [2.05, 4.69) is 10.7 Å². The number of aliphatic hydroxyl groups excluding tert-OH is 1. The Bertz CT molecular complexity index is 248. The fraction of sp³-hybridized carbons (Fsp3) is 0.700. The number of nitrogens with zero attached hydrogens (tertiary/aromatic N) is 1. The van der Waals surface area contributed by atoms with Gasteiger partial charge >= 0.3 is 5.97 Å². The van der Waals surface area contributed by atoms with E-state index in [4.69, 9.17) is 11.5 Å². The summed E-state index contributed by atoms with van der Waals surface area (Å²) in [6.45, 7) is 0.995. The largest absolute Gasteiger partial charge is 0.463 e. The van der Waals surface area contributed by atoms with Gasteiger partial charge in [0.15, 0.2) is 0 Å². The van der Waals surface area contributed by atoms with Crippen LogP contribution in [0.4, 0.5) is 0 Å². The maximum atomic E-state index is 10.6. The summed E-state index contributed by atoms with van der Waals surface area (Å²) in [6, 6.07) is 0. The molecule has 0 aromatic heterocycles. The van der Waals surface area contributed by atoms with E-state index < -0.39 is 18.2 Å². The molecule has 5 heteroatoms. The van der Waals surface area contributed by atoms with E-state index in [1.54, 1.807) is 11.9 Å². The number of hydrogen-bond donors (Lipinski definition) is 2. The second-order valence-corrected chi connectivity index (χ2v) is 3.54. The van der Waals surface area contributed by atoms with Gasteiger partial charge in [-0.1, -0.05) is 5.92 Å². The summed E-state index contributed by atoms with van der Waals surface area (Å²) in [5.41, 5.74) is -1.46. The number of carbonyl (C=O) groups is 1. The van der Waals surface area contributed by atoms with Crippen LogP contribution in [0.3, 0.4) is 0 Å². The lowest BCUT2D eigenvalue weighted by Gasteiger charge is -2.29. The highest BCUT2D eigenvalue weighted by Crippen LogP contribution is 2.06. The molecule has 1 unspecified atom stereocenters. The van der Waals surface area contributed by atoms with Crippen LogP contribution in [0.5, 0.6) is 0 Å². The van der Waals surface area contributed by atoms with E-state index in [1.807, 2.05) is 0 Å². The van der Waals surface area contributed by atoms with E-state index >= 15 is 0 Å². The minimum absolute atomic E-state index is 0.140. The Hall–Kier alpha value is -1.09. The Morgan fingerprint density at radius 2 is 2.27 bits per heavy atom. The van der Waals surface area contributed by atoms with Crippen molar-refractivity contribution < 1.29 is 19.7 Å². The molecule has 0 spiro atoms. The Morgan fingerprint density at radius 3 is 2.67 bits per heavy atom. The lowest BCUT2D eigenvalue weighted by molar-refractivity contribution is -0.152. The number of ether oxygens (including phenoxy) is 1. The van der Waals surface area contributed by atoms with Gasteiger partial charge in [0, 0.05) is 13.5 Å². The standard InChI is InChI=1S/C10H17NO4/c1-4-5-11(3)6-10(14,7-12)8-15-9(2)13/h1,12,14H,5-8H2,2-3H3. The minimum Gasteiger partial charge on any atom is -0.463 e. The van der Waals surface area contributed by atoms with Crippen LogP contribution in [0.25, 0.3) is 0 Å². The molecule has 0 saturated heterocycles. The van der Waals surface area contributed by atoms with Gasteiger partial charge in [-0.15, -0.1) is 6.42 Å². The molecule has 0 bridgehead atoms. The van der Waals surface area contributed by atoms with Gasteiger partial charge in [0.25, 0.3) is 0 Å². The molecule has 0 amide bonds. The zero-order valence-electron chi connectivity index (χ0n) is 9.06. The SMILES string of the molecule is C#CCN(C)CC(O)(CO)COC(C)=O. The van der Waals surface area contributed by atoms with Gasteiger partial charge in [0.2, 0.25) is 0 Å². The minimum atomic E-state index is -1.46. The van der Waals surface area contributed by atoms with E-state index in [-0.39, 0.29) is 13.2 Å². The van der Waals surface area contributed by atoms with E-state index in [9.17, 15) is 9.90 Å². The molecule has 15 heavy (non-hydrogen) atoms. The third-order valence-corrected chi connectivity index (χ3v) is 1.76. The van der Waals surface area contributed by atoms with E-state index in [0.29, 0.717) is 6.54 Å². The Morgan fingerprint density at radius 1 is 1.67 bits per heavy atom. The van der Waals surface area contributed by atoms with Crippen LogP contribution < -0.4 is 0 Å². The van der Waals surface area contributed by atoms with Gasteiger partial charge in [-0.3, -0.25) is 9.69 Å². The molecule has 86 valence electrons. The second-order valence-electron chi connectivity index (χ2n) is 3.54. The zero-order valence-corrected chi connectivity index (χ0v) is 9.06. The summed E-state index contributed by atoms with van der Waals surface area (Å²) >= 11 is 0. The molecule has 5 nitrogen and oxygen atoms in total. The number of terminal acetylenes is 1. The third-order valence-electron chi connectivity index (χ3n) is 1.76. The number of rotatable bonds is 6. The lowest BCUT2D eigenvalue weighted by Crippen LogP contribution is -2.48. The number of carbonyl (C=O) groups excluding carboxylic acids is 1. The van der Waals surface area contributed by atoms with Crippen molar-refractivity contribution in [2.75, 3.05) is 33.4 Å². The van der Waals surface area contributed by atoms with Crippen LogP contribution in [0.1, 0.15) is 6.92 Å². The second kappa shape index (κ2) is 6.40. The summed E-state index contributed by atoms with van der Waals surface area (Å²) < 4.78 is 4.65. The number of hydrogen-bond acceptors (Lipinski definition) is 5. The molecule has 0 rings (SSSR count). The van der Waals surface area contributed by atoms with Crippen molar-refractivity contribution in [3.8, 4) is 12.3 Å². The molecule has 0 aliphatic heterocycles. The van der Waals surface area contributed by atoms with Crippen molar-refractivity contribution >= 4 is 5.97 Å². The molecule has 0 aliphatic carbocycles. The van der Waals surface area contributed by atoms with Gasteiger partial charge in [-0.2, -0.15) is 0 Å². The first-order valence-electron chi connectivity index (χ1n) is 4.52. The molecule has 2 N–H and O–H groups in total. The molecular formula is C10H17NO4. The van der Waals surface area contributed by atoms with Gasteiger partial charge in [-0.05, 0) is 7.05 Å². The van der Waals surface area contributed by atoms with Crippen LogP contribution in [-0.4, -0.2) is 60.0 Å². The van der Waals surface area contributed by atoms with Gasteiger partial charge < -0.3 is 14.9 Å². The fourth-order valence-corrected chi connectivity index (χ4v) is 1.09. The highest BCUT2D eigenvalue weighted by atomic mass is 16.5. The molecule has 0 aromatic carbocycles. The summed E-state index contributed by atoms with van der Waals surface area (Å²) in [5.74, 6) is 1.91. The maximum Gasteiger partial charge on any atom is 0.302 e. The topological polar surface area (TPSA) is 70.0 Å². The van der Waals surface area contributed by atoms with Crippen LogP contribution in [0, 0.1) is 12.3 Å². The number of esters is 1. The average molecular weight is 215 g/mol. The monoisotopic (exact) mass is 215 g/mol. The van der Waals surface area contributed by atoms with Crippen LogP contribution in [0.15, 0.2) is 0 Å². The van der Waals surface area contributed by atoms with Crippen LogP contribution in [-0.2, 0) is 9.53 Å². The molecule has 0 radical (unpaired) electrons. The molecule has 0 saturated carbocycles. The Labute approximate surface area is 89.6 Å². The van der Waals surface area contributed by atoms with Gasteiger partial charge in [0.1, 0.15) is 12.2 Å².